The van der Waals surface area contributed by atoms with Crippen LogP contribution in [-0.4, -0.2) is 17.9 Å². The first kappa shape index (κ1) is 9.25. The van der Waals surface area contributed by atoms with Gasteiger partial charge in [-0.15, -0.1) is 0 Å². The standard InChI is InChI=1S/C12H14NO/c14-10-13(9-12-6-7-12)8-11-4-2-1-3-5-11/h1-5,12H,6-9H2. The first-order chi connectivity index (χ1) is 6.88. The van der Waals surface area contributed by atoms with Crippen molar-refractivity contribution in [2.75, 3.05) is 6.54 Å². The lowest BCUT2D eigenvalue weighted by Crippen LogP contribution is -2.23. The van der Waals surface area contributed by atoms with Gasteiger partial charge in [-0.1, -0.05) is 30.3 Å². The maximum atomic E-state index is 10.7. The van der Waals surface area contributed by atoms with E-state index in [0.717, 1.165) is 12.5 Å². The highest BCUT2D eigenvalue weighted by molar-refractivity contribution is 5.48. The Hall–Kier alpha value is -1.31. The summed E-state index contributed by atoms with van der Waals surface area (Å²) in [4.78, 5) is 12.4. The van der Waals surface area contributed by atoms with Gasteiger partial charge in [0, 0.05) is 13.1 Å². The van der Waals surface area contributed by atoms with E-state index in [1.165, 1.54) is 18.4 Å². The molecule has 0 atom stereocenters. The average Bonchev–Trinajstić information content (AvgIpc) is 3.02. The molecule has 1 radical (unpaired) electrons. The Morgan fingerprint density at radius 1 is 1.29 bits per heavy atom. The van der Waals surface area contributed by atoms with Crippen LogP contribution >= 0.6 is 0 Å². The topological polar surface area (TPSA) is 20.3 Å². The van der Waals surface area contributed by atoms with Crippen LogP contribution in [0.2, 0.25) is 0 Å². The summed E-state index contributed by atoms with van der Waals surface area (Å²) in [5.74, 6) is 0.736. The Morgan fingerprint density at radius 3 is 2.57 bits per heavy atom. The fourth-order valence-electron chi connectivity index (χ4n) is 1.55. The van der Waals surface area contributed by atoms with Gasteiger partial charge in [0.1, 0.15) is 0 Å². The molecule has 1 aliphatic rings. The maximum absolute atomic E-state index is 10.7. The molecule has 0 unspecified atom stereocenters. The maximum Gasteiger partial charge on any atom is 0.312 e. The summed E-state index contributed by atoms with van der Waals surface area (Å²) in [5, 5.41) is 0. The predicted molar refractivity (Wildman–Crippen MR) is 55.3 cm³/mol. The smallest absolute Gasteiger partial charge is 0.312 e. The van der Waals surface area contributed by atoms with Crippen molar-refractivity contribution in [1.29, 1.82) is 0 Å². The number of hydrogen-bond acceptors (Lipinski definition) is 1. The van der Waals surface area contributed by atoms with Crippen molar-refractivity contribution in [2.45, 2.75) is 19.4 Å². The number of hydrogen-bond donors (Lipinski definition) is 0. The fourth-order valence-corrected chi connectivity index (χ4v) is 1.55. The summed E-state index contributed by atoms with van der Waals surface area (Å²) in [6.45, 7) is 1.57. The van der Waals surface area contributed by atoms with E-state index in [1.807, 2.05) is 36.7 Å². The van der Waals surface area contributed by atoms with Crippen molar-refractivity contribution in [3.05, 3.63) is 35.9 Å². The van der Waals surface area contributed by atoms with Crippen molar-refractivity contribution in [3.63, 3.8) is 0 Å². The number of nitrogens with zero attached hydrogens (tertiary/aromatic N) is 1. The molecule has 2 heteroatoms. The van der Waals surface area contributed by atoms with Crippen LogP contribution in [-0.2, 0) is 11.3 Å². The van der Waals surface area contributed by atoms with Crippen LogP contribution in [0.15, 0.2) is 30.3 Å². The van der Waals surface area contributed by atoms with Crippen LogP contribution in [0.4, 0.5) is 0 Å². The second-order valence-electron chi connectivity index (χ2n) is 3.90. The first-order valence-corrected chi connectivity index (χ1v) is 5.05. The molecule has 0 aromatic heterocycles. The molecule has 1 aromatic rings. The Bertz CT molecular complexity index is 292. The van der Waals surface area contributed by atoms with E-state index in [0.29, 0.717) is 6.54 Å². The van der Waals surface area contributed by atoms with Gasteiger partial charge in [-0.3, -0.25) is 4.79 Å². The molecule has 2 nitrogen and oxygen atoms in total. The third-order valence-corrected chi connectivity index (χ3v) is 2.52. The van der Waals surface area contributed by atoms with Crippen LogP contribution in [0.1, 0.15) is 18.4 Å². The summed E-state index contributed by atoms with van der Waals surface area (Å²) >= 11 is 0. The second kappa shape index (κ2) is 4.27. The molecule has 1 aromatic carbocycles. The summed E-state index contributed by atoms with van der Waals surface area (Å²) in [7, 11) is 0. The molecule has 0 heterocycles. The average molecular weight is 188 g/mol. The monoisotopic (exact) mass is 188 g/mol. The SMILES string of the molecule is O=[C]N(Cc1ccccc1)CC1CC1. The van der Waals surface area contributed by atoms with Gasteiger partial charge in [-0.2, -0.15) is 0 Å². The minimum absolute atomic E-state index is 0.695. The Kier molecular flexibility index (Phi) is 2.82. The third kappa shape index (κ3) is 2.59. The van der Waals surface area contributed by atoms with Gasteiger partial charge < -0.3 is 4.90 Å². The molecule has 0 saturated heterocycles. The lowest BCUT2D eigenvalue weighted by atomic mass is 10.2. The third-order valence-electron chi connectivity index (χ3n) is 2.52. The van der Waals surface area contributed by atoms with Crippen molar-refractivity contribution < 1.29 is 4.79 Å². The molecule has 73 valence electrons. The first-order valence-electron chi connectivity index (χ1n) is 5.05. The highest BCUT2D eigenvalue weighted by Crippen LogP contribution is 2.29. The highest BCUT2D eigenvalue weighted by atomic mass is 16.1. The summed E-state index contributed by atoms with van der Waals surface area (Å²) < 4.78 is 0. The van der Waals surface area contributed by atoms with Gasteiger partial charge in [0.25, 0.3) is 0 Å². The number of rotatable bonds is 5. The van der Waals surface area contributed by atoms with Gasteiger partial charge >= 0.3 is 6.41 Å². The van der Waals surface area contributed by atoms with Crippen LogP contribution in [0.5, 0.6) is 0 Å². The minimum Gasteiger partial charge on any atom is -0.330 e. The molecule has 1 saturated carbocycles. The molecule has 0 aliphatic heterocycles. The second-order valence-corrected chi connectivity index (χ2v) is 3.90. The molecular formula is C12H14NO. The minimum atomic E-state index is 0.695. The Morgan fingerprint density at radius 2 is 2.00 bits per heavy atom. The molecule has 0 spiro atoms. The van der Waals surface area contributed by atoms with Crippen LogP contribution in [0, 0.1) is 5.92 Å². The molecular weight excluding hydrogens is 174 g/mol. The normalized spacial score (nSPS) is 15.1. The molecule has 1 amide bonds. The molecule has 1 aliphatic carbocycles. The van der Waals surface area contributed by atoms with E-state index in [9.17, 15) is 4.79 Å². The molecule has 1 fully saturated rings. The fraction of sp³-hybridized carbons (Fsp3) is 0.417. The quantitative estimate of drug-likeness (QED) is 0.647. The molecule has 2 rings (SSSR count). The summed E-state index contributed by atoms with van der Waals surface area (Å²) in [5.41, 5.74) is 1.18. The van der Waals surface area contributed by atoms with E-state index in [4.69, 9.17) is 0 Å². The number of benzene rings is 1. The van der Waals surface area contributed by atoms with Crippen LogP contribution in [0.3, 0.4) is 0 Å². The van der Waals surface area contributed by atoms with E-state index >= 15 is 0 Å². The Labute approximate surface area is 84.5 Å². The van der Waals surface area contributed by atoms with Crippen molar-refractivity contribution >= 4 is 6.41 Å². The van der Waals surface area contributed by atoms with Gasteiger partial charge in [0.2, 0.25) is 0 Å². The van der Waals surface area contributed by atoms with Crippen LogP contribution in [0.25, 0.3) is 0 Å². The van der Waals surface area contributed by atoms with Crippen molar-refractivity contribution in [2.24, 2.45) is 5.92 Å². The molecule has 0 bridgehead atoms. The van der Waals surface area contributed by atoms with Crippen molar-refractivity contribution in [3.8, 4) is 0 Å². The zero-order chi connectivity index (χ0) is 9.80. The summed E-state index contributed by atoms with van der Waals surface area (Å²) in [6.07, 6.45) is 4.55. The van der Waals surface area contributed by atoms with Gasteiger partial charge in [-0.25, -0.2) is 0 Å². The van der Waals surface area contributed by atoms with Gasteiger partial charge in [0.15, 0.2) is 0 Å². The molecule has 0 N–H and O–H groups in total. The lowest BCUT2D eigenvalue weighted by molar-refractivity contribution is 0.360. The Balaban J connectivity index is 1.90. The largest absolute Gasteiger partial charge is 0.330 e. The lowest BCUT2D eigenvalue weighted by Gasteiger charge is -2.15. The van der Waals surface area contributed by atoms with E-state index in [2.05, 4.69) is 0 Å². The highest BCUT2D eigenvalue weighted by Gasteiger charge is 2.23. The number of amides is 1. The zero-order valence-electron chi connectivity index (χ0n) is 8.15. The predicted octanol–water partition coefficient (Wildman–Crippen LogP) is 1.97. The summed E-state index contributed by atoms with van der Waals surface area (Å²) in [6, 6.07) is 10.1. The van der Waals surface area contributed by atoms with E-state index in [-0.39, 0.29) is 0 Å². The zero-order valence-corrected chi connectivity index (χ0v) is 8.15. The molecule has 14 heavy (non-hydrogen) atoms. The van der Waals surface area contributed by atoms with Gasteiger partial charge in [-0.05, 0) is 24.3 Å². The van der Waals surface area contributed by atoms with E-state index < -0.39 is 0 Å². The number of carbonyl (C=O) groups excluding carboxylic acids is 1. The van der Waals surface area contributed by atoms with Crippen molar-refractivity contribution in [1.82, 2.24) is 4.90 Å². The van der Waals surface area contributed by atoms with Gasteiger partial charge in [0.05, 0.1) is 0 Å². The van der Waals surface area contributed by atoms with Crippen LogP contribution < -0.4 is 0 Å². The van der Waals surface area contributed by atoms with E-state index in [1.54, 1.807) is 4.90 Å².